The van der Waals surface area contributed by atoms with Crippen molar-refractivity contribution >= 4 is 5.97 Å². The first-order valence-corrected chi connectivity index (χ1v) is 8.59. The van der Waals surface area contributed by atoms with Gasteiger partial charge in [-0.2, -0.15) is 0 Å². The van der Waals surface area contributed by atoms with Crippen LogP contribution in [0.1, 0.15) is 29.9 Å². The molecule has 1 fully saturated rings. The third-order valence-electron chi connectivity index (χ3n) is 5.32. The summed E-state index contributed by atoms with van der Waals surface area (Å²) in [7, 11) is 3.11. The Bertz CT molecular complexity index is 704. The maximum absolute atomic E-state index is 11.8. The van der Waals surface area contributed by atoms with Crippen LogP contribution in [0, 0.1) is 0 Å². The van der Waals surface area contributed by atoms with Gasteiger partial charge in [0.2, 0.25) is 0 Å². The molecule has 1 aromatic rings. The average Bonchev–Trinajstić information content (AvgIpc) is 3.13. The Morgan fingerprint density at radius 2 is 2.08 bits per heavy atom. The molecule has 1 N–H and O–H groups in total. The molecule has 0 amide bonds. The van der Waals surface area contributed by atoms with E-state index in [0.717, 1.165) is 12.0 Å². The van der Waals surface area contributed by atoms with Crippen molar-refractivity contribution in [2.24, 2.45) is 0 Å². The SMILES string of the molecule is C=CC1=CC=CCC1c1ccc([C@@]2(OC)CN[C@H](C(=O)OC)C2)cc1. The molecule has 2 aliphatic rings. The van der Waals surface area contributed by atoms with Gasteiger partial charge in [-0.25, -0.2) is 0 Å². The molecule has 0 bridgehead atoms. The lowest BCUT2D eigenvalue weighted by molar-refractivity contribution is -0.143. The third kappa shape index (κ3) is 3.32. The van der Waals surface area contributed by atoms with Crippen LogP contribution in [0.2, 0.25) is 0 Å². The molecular weight excluding hydrogens is 314 g/mol. The van der Waals surface area contributed by atoms with Crippen molar-refractivity contribution in [2.45, 2.75) is 30.4 Å². The number of methoxy groups -OCH3 is 2. The van der Waals surface area contributed by atoms with Crippen LogP contribution in [-0.2, 0) is 19.9 Å². The fraction of sp³-hybridized carbons (Fsp3) is 0.381. The van der Waals surface area contributed by atoms with Gasteiger partial charge in [0.15, 0.2) is 0 Å². The van der Waals surface area contributed by atoms with E-state index in [4.69, 9.17) is 9.47 Å². The third-order valence-corrected chi connectivity index (χ3v) is 5.32. The van der Waals surface area contributed by atoms with Crippen LogP contribution in [-0.4, -0.2) is 32.8 Å². The second kappa shape index (κ2) is 7.38. The van der Waals surface area contributed by atoms with Crippen molar-refractivity contribution in [1.29, 1.82) is 0 Å². The van der Waals surface area contributed by atoms with Gasteiger partial charge in [-0.3, -0.25) is 4.79 Å². The molecule has 0 aromatic heterocycles. The molecule has 3 atom stereocenters. The van der Waals surface area contributed by atoms with Crippen LogP contribution >= 0.6 is 0 Å². The number of benzene rings is 1. The number of nitrogens with one attached hydrogen (secondary N) is 1. The lowest BCUT2D eigenvalue weighted by Crippen LogP contribution is -2.31. The van der Waals surface area contributed by atoms with Gasteiger partial charge in [-0.05, 0) is 23.1 Å². The zero-order chi connectivity index (χ0) is 17.9. The van der Waals surface area contributed by atoms with E-state index in [2.05, 4.69) is 54.4 Å². The van der Waals surface area contributed by atoms with Gasteiger partial charge in [0.25, 0.3) is 0 Å². The highest BCUT2D eigenvalue weighted by molar-refractivity contribution is 5.76. The fourth-order valence-electron chi connectivity index (χ4n) is 3.77. The molecule has 1 aromatic carbocycles. The second-order valence-electron chi connectivity index (χ2n) is 6.57. The number of ether oxygens (including phenoxy) is 2. The summed E-state index contributed by atoms with van der Waals surface area (Å²) in [6.45, 7) is 4.51. The van der Waals surface area contributed by atoms with Crippen molar-refractivity contribution in [3.63, 3.8) is 0 Å². The van der Waals surface area contributed by atoms with Crippen LogP contribution in [0.25, 0.3) is 0 Å². The first-order valence-electron chi connectivity index (χ1n) is 8.59. The normalized spacial score (nSPS) is 28.5. The molecule has 4 nitrogen and oxygen atoms in total. The predicted molar refractivity (Wildman–Crippen MR) is 98.3 cm³/mol. The van der Waals surface area contributed by atoms with E-state index in [-0.39, 0.29) is 12.0 Å². The van der Waals surface area contributed by atoms with Crippen molar-refractivity contribution in [1.82, 2.24) is 5.32 Å². The maximum atomic E-state index is 11.8. The molecule has 1 saturated heterocycles. The topological polar surface area (TPSA) is 47.6 Å². The van der Waals surface area contributed by atoms with E-state index in [0.29, 0.717) is 18.9 Å². The molecule has 1 aliphatic carbocycles. The quantitative estimate of drug-likeness (QED) is 0.837. The Morgan fingerprint density at radius 1 is 1.32 bits per heavy atom. The Kier molecular flexibility index (Phi) is 5.21. The van der Waals surface area contributed by atoms with E-state index in [9.17, 15) is 4.79 Å². The van der Waals surface area contributed by atoms with Crippen LogP contribution in [0.3, 0.4) is 0 Å². The van der Waals surface area contributed by atoms with Crippen LogP contribution < -0.4 is 5.32 Å². The monoisotopic (exact) mass is 339 g/mol. The molecule has 3 rings (SSSR count). The first kappa shape index (κ1) is 17.6. The maximum Gasteiger partial charge on any atom is 0.322 e. The van der Waals surface area contributed by atoms with Gasteiger partial charge in [0.1, 0.15) is 11.6 Å². The van der Waals surface area contributed by atoms with Crippen LogP contribution in [0.15, 0.2) is 60.7 Å². The highest BCUT2D eigenvalue weighted by atomic mass is 16.5. The standard InChI is InChI=1S/C21H25NO3/c1-4-15-7-5-6-8-18(15)16-9-11-17(12-10-16)21(25-3)13-19(22-14-21)20(23)24-2/h4-7,9-12,18-19,22H,1,8,13-14H2,2-3H3/t18?,19-,21-/m0/s1. The zero-order valence-electron chi connectivity index (χ0n) is 14.8. The summed E-state index contributed by atoms with van der Waals surface area (Å²) in [5, 5.41) is 3.21. The second-order valence-corrected chi connectivity index (χ2v) is 6.57. The zero-order valence-corrected chi connectivity index (χ0v) is 14.8. The van der Waals surface area contributed by atoms with Gasteiger partial charge in [-0.1, -0.05) is 55.1 Å². The van der Waals surface area contributed by atoms with E-state index >= 15 is 0 Å². The molecule has 4 heteroatoms. The van der Waals surface area contributed by atoms with Crippen molar-refractivity contribution in [3.05, 3.63) is 71.8 Å². The summed E-state index contributed by atoms with van der Waals surface area (Å²) >= 11 is 0. The molecule has 0 saturated carbocycles. The molecule has 0 radical (unpaired) electrons. The average molecular weight is 339 g/mol. The summed E-state index contributed by atoms with van der Waals surface area (Å²) in [6.07, 6.45) is 9.87. The Balaban J connectivity index is 1.82. The minimum Gasteiger partial charge on any atom is -0.468 e. The number of esters is 1. The Morgan fingerprint density at radius 3 is 2.72 bits per heavy atom. The largest absolute Gasteiger partial charge is 0.468 e. The number of allylic oxidation sites excluding steroid dienone is 5. The number of rotatable bonds is 5. The molecule has 25 heavy (non-hydrogen) atoms. The van der Waals surface area contributed by atoms with Crippen molar-refractivity contribution in [3.8, 4) is 0 Å². The number of carbonyl (C=O) groups excluding carboxylic acids is 1. The highest BCUT2D eigenvalue weighted by Gasteiger charge is 2.43. The van der Waals surface area contributed by atoms with E-state index < -0.39 is 5.60 Å². The molecular formula is C21H25NO3. The van der Waals surface area contributed by atoms with Gasteiger partial charge in [0, 0.05) is 26.0 Å². The minimum absolute atomic E-state index is 0.245. The van der Waals surface area contributed by atoms with Crippen LogP contribution in [0.5, 0.6) is 0 Å². The Hall–Kier alpha value is -2.17. The number of hydrogen-bond acceptors (Lipinski definition) is 4. The minimum atomic E-state index is -0.499. The Labute approximate surface area is 149 Å². The molecule has 1 aliphatic heterocycles. The first-order chi connectivity index (χ1) is 12.1. The number of hydrogen-bond donors (Lipinski definition) is 1. The highest BCUT2D eigenvalue weighted by Crippen LogP contribution is 2.37. The van der Waals surface area contributed by atoms with Gasteiger partial charge < -0.3 is 14.8 Å². The summed E-state index contributed by atoms with van der Waals surface area (Å²) in [5.74, 6) is 0.102. The van der Waals surface area contributed by atoms with Crippen molar-refractivity contribution in [2.75, 3.05) is 20.8 Å². The van der Waals surface area contributed by atoms with Crippen LogP contribution in [0.4, 0.5) is 0 Å². The van der Waals surface area contributed by atoms with Gasteiger partial charge in [-0.15, -0.1) is 0 Å². The molecule has 1 heterocycles. The van der Waals surface area contributed by atoms with Gasteiger partial charge in [0.05, 0.1) is 7.11 Å². The summed E-state index contributed by atoms with van der Waals surface area (Å²) in [6, 6.07) is 8.20. The molecule has 0 spiro atoms. The lowest BCUT2D eigenvalue weighted by atomic mass is 9.83. The molecule has 1 unspecified atom stereocenters. The summed E-state index contributed by atoms with van der Waals surface area (Å²) in [5.41, 5.74) is 3.08. The van der Waals surface area contributed by atoms with Gasteiger partial charge >= 0.3 is 5.97 Å². The summed E-state index contributed by atoms with van der Waals surface area (Å²) in [4.78, 5) is 11.8. The smallest absolute Gasteiger partial charge is 0.322 e. The lowest BCUT2D eigenvalue weighted by Gasteiger charge is -2.28. The summed E-state index contributed by atoms with van der Waals surface area (Å²) < 4.78 is 10.7. The van der Waals surface area contributed by atoms with E-state index in [1.807, 2.05) is 6.08 Å². The van der Waals surface area contributed by atoms with E-state index in [1.54, 1.807) is 7.11 Å². The predicted octanol–water partition coefficient (Wildman–Crippen LogP) is 3.22. The molecule has 132 valence electrons. The van der Waals surface area contributed by atoms with Crippen molar-refractivity contribution < 1.29 is 14.3 Å². The fourth-order valence-corrected chi connectivity index (χ4v) is 3.77. The van der Waals surface area contributed by atoms with E-state index in [1.165, 1.54) is 18.2 Å². The number of carbonyl (C=O) groups is 1.